The van der Waals surface area contributed by atoms with Gasteiger partial charge in [0.2, 0.25) is 5.30 Å². The van der Waals surface area contributed by atoms with Crippen molar-refractivity contribution in [1.29, 1.82) is 0 Å². The van der Waals surface area contributed by atoms with Crippen molar-refractivity contribution in [2.45, 2.75) is 39.3 Å². The molecule has 2 rings (SSSR count). The molecule has 0 saturated carbocycles. The monoisotopic (exact) mass is 300 g/mol. The Bertz CT molecular complexity index is 590. The van der Waals surface area contributed by atoms with Crippen molar-refractivity contribution in [3.8, 4) is 0 Å². The summed E-state index contributed by atoms with van der Waals surface area (Å²) in [6.07, 6.45) is 0. The van der Waals surface area contributed by atoms with Crippen LogP contribution < -0.4 is 5.30 Å². The molecule has 2 atom stereocenters. The van der Waals surface area contributed by atoms with E-state index < -0.39 is 7.95 Å². The van der Waals surface area contributed by atoms with E-state index >= 15 is 0 Å². The van der Waals surface area contributed by atoms with Gasteiger partial charge in [-0.3, -0.25) is 0 Å². The topological polar surface area (TPSA) is 20.3 Å². The predicted molar refractivity (Wildman–Crippen MR) is 90.1 cm³/mol. The Labute approximate surface area is 128 Å². The molecule has 0 aromatic heterocycles. The highest BCUT2D eigenvalue weighted by atomic mass is 31.1. The first-order chi connectivity index (χ1) is 9.91. The van der Waals surface area contributed by atoms with Gasteiger partial charge in [-0.05, 0) is 50.0 Å². The predicted octanol–water partition coefficient (Wildman–Crippen LogP) is 4.92. The summed E-state index contributed by atoms with van der Waals surface area (Å²) in [5.74, 6) is 0. The summed E-state index contributed by atoms with van der Waals surface area (Å²) >= 11 is 0. The zero-order valence-electron chi connectivity index (χ0n) is 13.2. The Morgan fingerprint density at radius 3 is 1.86 bits per heavy atom. The number of rotatable bonds is 4. The maximum absolute atomic E-state index is 13.1. The molecule has 2 aromatic carbocycles. The van der Waals surface area contributed by atoms with Crippen molar-refractivity contribution >= 4 is 13.3 Å². The summed E-state index contributed by atoms with van der Waals surface area (Å²) in [7, 11) is -1.61. The normalized spacial score (nSPS) is 14.0. The summed E-state index contributed by atoms with van der Waals surface area (Å²) in [6, 6.07) is 20.1. The van der Waals surface area contributed by atoms with Crippen LogP contribution in [-0.2, 0) is 4.57 Å². The lowest BCUT2D eigenvalue weighted by atomic mass is 10.0. The molecule has 0 bridgehead atoms. The molecule has 2 nitrogen and oxygen atoms in total. The quantitative estimate of drug-likeness (QED) is 0.747. The molecule has 0 aliphatic rings. The van der Waals surface area contributed by atoms with Gasteiger partial charge in [-0.1, -0.05) is 53.2 Å². The van der Waals surface area contributed by atoms with E-state index in [2.05, 4.69) is 44.5 Å². The fraction of sp³-hybridized carbons (Fsp3) is 0.333. The van der Waals surface area contributed by atoms with Gasteiger partial charge < -0.3 is 0 Å². The number of hydrogen-bond donors (Lipinski definition) is 0. The highest BCUT2D eigenvalue weighted by molar-refractivity contribution is 7.51. The van der Waals surface area contributed by atoms with Gasteiger partial charge in [0, 0.05) is 0 Å². The average molecular weight is 300 g/mol. The van der Waals surface area contributed by atoms with Crippen LogP contribution >= 0.6 is 7.95 Å². The van der Waals surface area contributed by atoms with Gasteiger partial charge in [0.25, 0.3) is 0 Å². The Kier molecular flexibility index (Phi) is 4.92. The van der Waals surface area contributed by atoms with Crippen LogP contribution in [0.4, 0.5) is 0 Å². The van der Waals surface area contributed by atoms with Crippen LogP contribution in [0.2, 0.25) is 0 Å². The van der Waals surface area contributed by atoms with Gasteiger partial charge >= 0.3 is 7.95 Å². The van der Waals surface area contributed by atoms with E-state index in [-0.39, 0.29) is 11.6 Å². The minimum absolute atomic E-state index is 0.0926. The van der Waals surface area contributed by atoms with E-state index in [0.717, 1.165) is 5.30 Å². The molecule has 0 N–H and O–H groups in total. The summed E-state index contributed by atoms with van der Waals surface area (Å²) in [4.78, 5) is 0. The molecule has 3 heteroatoms. The first-order valence-corrected chi connectivity index (χ1v) is 8.49. The Morgan fingerprint density at radius 2 is 1.38 bits per heavy atom. The van der Waals surface area contributed by atoms with E-state index in [0.29, 0.717) is 0 Å². The fourth-order valence-corrected chi connectivity index (χ4v) is 4.23. The summed E-state index contributed by atoms with van der Waals surface area (Å²) in [6.45, 7) is 8.46. The van der Waals surface area contributed by atoms with Crippen LogP contribution in [-0.4, -0.2) is 10.2 Å². The fourth-order valence-electron chi connectivity index (χ4n) is 2.56. The second-order valence-electron chi connectivity index (χ2n) is 6.21. The lowest BCUT2D eigenvalue weighted by Crippen LogP contribution is -2.39. The Balaban J connectivity index is 2.38. The lowest BCUT2D eigenvalue weighted by molar-refractivity contribution is 0.207. The minimum Gasteiger partial charge on any atom is -0.0795 e. The first-order valence-electron chi connectivity index (χ1n) is 7.28. The van der Waals surface area contributed by atoms with Gasteiger partial charge in [-0.2, -0.15) is 0 Å². The van der Waals surface area contributed by atoms with E-state index in [1.54, 1.807) is 0 Å². The van der Waals surface area contributed by atoms with Crippen molar-refractivity contribution in [1.82, 2.24) is 4.67 Å². The third-order valence-electron chi connectivity index (χ3n) is 3.51. The molecule has 0 aliphatic carbocycles. The SMILES string of the molecule is CC(c1ccccc1)N([P+](=O)c1ccccc1)C(C)(C)C. The smallest absolute Gasteiger partial charge is 0.0795 e. The molecule has 0 fully saturated rings. The van der Waals surface area contributed by atoms with Gasteiger partial charge in [-0.15, -0.1) is 0 Å². The van der Waals surface area contributed by atoms with Crippen molar-refractivity contribution in [3.05, 3.63) is 66.2 Å². The average Bonchev–Trinajstić information content (AvgIpc) is 2.47. The molecule has 21 heavy (non-hydrogen) atoms. The summed E-state index contributed by atoms with van der Waals surface area (Å²) in [5, 5.41) is 0.880. The molecule has 0 aliphatic heterocycles. The first kappa shape index (κ1) is 15.9. The molecule has 2 unspecified atom stereocenters. The highest BCUT2D eigenvalue weighted by Crippen LogP contribution is 2.42. The number of nitrogens with zero attached hydrogens (tertiary/aromatic N) is 1. The van der Waals surface area contributed by atoms with Crippen LogP contribution in [0.5, 0.6) is 0 Å². The van der Waals surface area contributed by atoms with Gasteiger partial charge in [0.15, 0.2) is 0 Å². The second kappa shape index (κ2) is 6.51. The number of hydrogen-bond acceptors (Lipinski definition) is 1. The largest absolute Gasteiger partial charge is 0.475 e. The van der Waals surface area contributed by atoms with E-state index in [1.165, 1.54) is 5.56 Å². The third kappa shape index (κ3) is 3.78. The van der Waals surface area contributed by atoms with E-state index in [1.807, 2.05) is 48.5 Å². The summed E-state index contributed by atoms with van der Waals surface area (Å²) < 4.78 is 15.2. The lowest BCUT2D eigenvalue weighted by Gasteiger charge is -2.31. The molecule has 0 spiro atoms. The molecule has 0 saturated heterocycles. The minimum atomic E-state index is -1.61. The van der Waals surface area contributed by atoms with Crippen LogP contribution in [0.25, 0.3) is 0 Å². The van der Waals surface area contributed by atoms with E-state index in [4.69, 9.17) is 0 Å². The Hall–Kier alpha value is -1.50. The van der Waals surface area contributed by atoms with Crippen LogP contribution in [0.3, 0.4) is 0 Å². The summed E-state index contributed by atoms with van der Waals surface area (Å²) in [5.41, 5.74) is 1.00. The zero-order chi connectivity index (χ0) is 15.5. The molecule has 0 heterocycles. The van der Waals surface area contributed by atoms with Crippen molar-refractivity contribution < 1.29 is 4.57 Å². The molecule has 2 aromatic rings. The van der Waals surface area contributed by atoms with Crippen molar-refractivity contribution in [2.24, 2.45) is 0 Å². The van der Waals surface area contributed by atoms with Gasteiger partial charge in [-0.25, -0.2) is 0 Å². The van der Waals surface area contributed by atoms with Crippen LogP contribution in [0.15, 0.2) is 60.7 Å². The molecule has 0 amide bonds. The van der Waals surface area contributed by atoms with Crippen molar-refractivity contribution in [3.63, 3.8) is 0 Å². The molecular formula is C18H23NOP+. The van der Waals surface area contributed by atoms with Crippen molar-refractivity contribution in [2.75, 3.05) is 0 Å². The number of benzene rings is 2. The second-order valence-corrected chi connectivity index (χ2v) is 7.70. The third-order valence-corrected chi connectivity index (χ3v) is 5.59. The van der Waals surface area contributed by atoms with Gasteiger partial charge in [0.05, 0.1) is 11.6 Å². The maximum atomic E-state index is 13.1. The zero-order valence-corrected chi connectivity index (χ0v) is 14.0. The molecule has 0 radical (unpaired) electrons. The standard InChI is InChI=1S/C18H23NOP/c1-15(16-11-7-5-8-12-16)19(18(2,3)4)21(20)17-13-9-6-10-14-17/h5-15H,1-4H3/q+1. The van der Waals surface area contributed by atoms with Gasteiger partial charge in [0.1, 0.15) is 0 Å². The van der Waals surface area contributed by atoms with E-state index in [9.17, 15) is 4.57 Å². The van der Waals surface area contributed by atoms with Crippen LogP contribution in [0, 0.1) is 0 Å². The highest BCUT2D eigenvalue weighted by Gasteiger charge is 2.43. The Morgan fingerprint density at radius 1 is 0.905 bits per heavy atom. The maximum Gasteiger partial charge on any atom is 0.475 e. The molecule has 110 valence electrons. The van der Waals surface area contributed by atoms with Crippen LogP contribution in [0.1, 0.15) is 39.3 Å². The molecular weight excluding hydrogens is 277 g/mol.